The quantitative estimate of drug-likeness (QED) is 0.439. The van der Waals surface area contributed by atoms with E-state index in [1.807, 2.05) is 11.8 Å². The Balaban J connectivity index is 2.81. The first-order chi connectivity index (χ1) is 8.53. The average Bonchev–Trinajstić information content (AvgIpc) is 2.69. The van der Waals surface area contributed by atoms with Crippen molar-refractivity contribution in [2.24, 2.45) is 0 Å². The molecule has 0 radical (unpaired) electrons. The van der Waals surface area contributed by atoms with Crippen molar-refractivity contribution in [1.29, 1.82) is 0 Å². The largest absolute Gasteiger partial charge is 0.369 e. The van der Waals surface area contributed by atoms with Crippen molar-refractivity contribution >= 4 is 15.2 Å². The molecule has 1 saturated heterocycles. The predicted octanol–water partition coefficient (Wildman–Crippen LogP) is 0.252. The molecule has 1 rings (SSSR count). The maximum atomic E-state index is 11.2. The third kappa shape index (κ3) is 3.65. The molecule has 0 aromatic heterocycles. The van der Waals surface area contributed by atoms with Crippen LogP contribution in [0.1, 0.15) is 32.6 Å². The van der Waals surface area contributed by atoms with Gasteiger partial charge in [-0.2, -0.15) is 0 Å². The summed E-state index contributed by atoms with van der Waals surface area (Å²) in [5.41, 5.74) is 0. The minimum absolute atomic E-state index is 0.0469. The molecule has 10 heteroatoms. The molecule has 0 saturated carbocycles. The van der Waals surface area contributed by atoms with Gasteiger partial charge >= 0.3 is 15.2 Å². The highest BCUT2D eigenvalue weighted by molar-refractivity contribution is 7.72. The standard InChI is InChI=1S/C9H21NO7P2/c1-2-8-4-3-6-10(8)7-5-9(11,18(12,13)14)19(15,16)17/h8,11H,2-7H2,1H3,(H2,12,13,14)(H2,15,16,17). The Bertz CT molecular complexity index is 381. The topological polar surface area (TPSA) is 139 Å². The van der Waals surface area contributed by atoms with Crippen molar-refractivity contribution in [3.05, 3.63) is 0 Å². The zero-order valence-corrected chi connectivity index (χ0v) is 12.5. The molecule has 5 N–H and O–H groups in total. The summed E-state index contributed by atoms with van der Waals surface area (Å²) in [7, 11) is -10.7. The molecular formula is C9H21NO7P2. The summed E-state index contributed by atoms with van der Waals surface area (Å²) < 4.78 is 22.4. The Kier molecular flexibility index (Phi) is 5.38. The maximum Gasteiger partial charge on any atom is 0.369 e. The molecule has 0 aliphatic carbocycles. The fourth-order valence-electron chi connectivity index (χ4n) is 2.41. The van der Waals surface area contributed by atoms with E-state index >= 15 is 0 Å². The molecule has 8 nitrogen and oxygen atoms in total. The summed E-state index contributed by atoms with van der Waals surface area (Å²) in [6, 6.07) is 0.234. The first-order valence-corrected chi connectivity index (χ1v) is 9.33. The van der Waals surface area contributed by atoms with Gasteiger partial charge in [0.15, 0.2) is 0 Å². The second-order valence-corrected chi connectivity index (χ2v) is 8.86. The van der Waals surface area contributed by atoms with Crippen LogP contribution in [0.3, 0.4) is 0 Å². The van der Waals surface area contributed by atoms with E-state index in [1.165, 1.54) is 0 Å². The van der Waals surface area contributed by atoms with Crippen LogP contribution in [-0.4, -0.2) is 53.8 Å². The summed E-state index contributed by atoms with van der Waals surface area (Å²) in [6.45, 7) is 2.73. The SMILES string of the molecule is CCC1CCCN1CCC(O)(P(=O)(O)O)P(=O)(O)O. The summed E-state index contributed by atoms with van der Waals surface area (Å²) in [4.78, 5) is 38.0. The van der Waals surface area contributed by atoms with Crippen LogP contribution in [0, 0.1) is 0 Å². The smallest absolute Gasteiger partial charge is 0.367 e. The van der Waals surface area contributed by atoms with E-state index in [-0.39, 0.29) is 12.6 Å². The van der Waals surface area contributed by atoms with Crippen LogP contribution in [-0.2, 0) is 9.13 Å². The summed E-state index contributed by atoms with van der Waals surface area (Å²) >= 11 is 0. The van der Waals surface area contributed by atoms with Crippen molar-refractivity contribution in [3.8, 4) is 0 Å². The zero-order chi connectivity index (χ0) is 14.9. The van der Waals surface area contributed by atoms with Crippen LogP contribution in [0.4, 0.5) is 0 Å². The van der Waals surface area contributed by atoms with Crippen LogP contribution in [0.15, 0.2) is 0 Å². The molecule has 0 amide bonds. The van der Waals surface area contributed by atoms with Gasteiger partial charge in [-0.05, 0) is 25.8 Å². The Morgan fingerprint density at radius 3 is 2.16 bits per heavy atom. The summed E-state index contributed by atoms with van der Waals surface area (Å²) in [5, 5.41) is 6.46. The van der Waals surface area contributed by atoms with Crippen LogP contribution in [0.2, 0.25) is 0 Å². The van der Waals surface area contributed by atoms with Gasteiger partial charge < -0.3 is 29.6 Å². The number of aliphatic hydroxyl groups is 1. The highest BCUT2D eigenvalue weighted by Crippen LogP contribution is 2.68. The maximum absolute atomic E-state index is 11.2. The summed E-state index contributed by atoms with van der Waals surface area (Å²) in [5.74, 6) is 0. The second kappa shape index (κ2) is 5.92. The van der Waals surface area contributed by atoms with E-state index in [4.69, 9.17) is 19.6 Å². The average molecular weight is 317 g/mol. The molecule has 0 spiro atoms. The Morgan fingerprint density at radius 2 is 1.74 bits per heavy atom. The monoisotopic (exact) mass is 317 g/mol. The molecule has 1 aliphatic rings. The van der Waals surface area contributed by atoms with Crippen LogP contribution < -0.4 is 0 Å². The lowest BCUT2D eigenvalue weighted by molar-refractivity contribution is 0.105. The van der Waals surface area contributed by atoms with Gasteiger partial charge in [-0.25, -0.2) is 0 Å². The normalized spacial score (nSPS) is 22.9. The molecular weight excluding hydrogens is 296 g/mol. The van der Waals surface area contributed by atoms with Gasteiger partial charge in [0, 0.05) is 19.0 Å². The molecule has 19 heavy (non-hydrogen) atoms. The number of likely N-dealkylation sites (tertiary alicyclic amines) is 1. The molecule has 1 atom stereocenters. The molecule has 114 valence electrons. The third-order valence-electron chi connectivity index (χ3n) is 3.64. The number of nitrogens with zero attached hydrogens (tertiary/aromatic N) is 1. The highest BCUT2D eigenvalue weighted by Gasteiger charge is 2.59. The lowest BCUT2D eigenvalue weighted by atomic mass is 10.2. The van der Waals surface area contributed by atoms with Crippen molar-refractivity contribution < 1.29 is 33.8 Å². The van der Waals surface area contributed by atoms with Gasteiger partial charge in [0.05, 0.1) is 0 Å². The van der Waals surface area contributed by atoms with E-state index in [9.17, 15) is 14.2 Å². The lowest BCUT2D eigenvalue weighted by Crippen LogP contribution is -2.37. The van der Waals surface area contributed by atoms with E-state index in [0.29, 0.717) is 6.54 Å². The van der Waals surface area contributed by atoms with Gasteiger partial charge in [0.25, 0.3) is 5.08 Å². The molecule has 0 aromatic carbocycles. The van der Waals surface area contributed by atoms with Gasteiger partial charge in [-0.1, -0.05) is 6.92 Å². The molecule has 0 bridgehead atoms. The first-order valence-electron chi connectivity index (χ1n) is 6.10. The highest BCUT2D eigenvalue weighted by atomic mass is 31.2. The van der Waals surface area contributed by atoms with Gasteiger partial charge in [0.1, 0.15) is 0 Å². The van der Waals surface area contributed by atoms with Gasteiger partial charge in [-0.3, -0.25) is 9.13 Å². The van der Waals surface area contributed by atoms with Crippen LogP contribution in [0.5, 0.6) is 0 Å². The van der Waals surface area contributed by atoms with E-state index < -0.39 is 26.7 Å². The minimum atomic E-state index is -5.33. The van der Waals surface area contributed by atoms with Gasteiger partial charge in [-0.15, -0.1) is 0 Å². The minimum Gasteiger partial charge on any atom is -0.367 e. The molecule has 1 aliphatic heterocycles. The van der Waals surface area contributed by atoms with Crippen molar-refractivity contribution in [2.45, 2.75) is 43.7 Å². The second-order valence-electron chi connectivity index (χ2n) is 4.85. The first kappa shape index (κ1) is 17.3. The van der Waals surface area contributed by atoms with E-state index in [2.05, 4.69) is 0 Å². The molecule has 1 heterocycles. The van der Waals surface area contributed by atoms with Gasteiger partial charge in [0.2, 0.25) is 0 Å². The van der Waals surface area contributed by atoms with E-state index in [1.54, 1.807) is 0 Å². The third-order valence-corrected chi connectivity index (χ3v) is 7.51. The number of rotatable bonds is 6. The van der Waals surface area contributed by atoms with Crippen LogP contribution >= 0.6 is 15.2 Å². The number of hydrogen-bond donors (Lipinski definition) is 5. The van der Waals surface area contributed by atoms with E-state index in [0.717, 1.165) is 19.3 Å². The molecule has 1 fully saturated rings. The Morgan fingerprint density at radius 1 is 1.21 bits per heavy atom. The van der Waals surface area contributed by atoms with Crippen molar-refractivity contribution in [1.82, 2.24) is 4.90 Å². The fourth-order valence-corrected chi connectivity index (χ4v) is 4.55. The number of hydrogen-bond acceptors (Lipinski definition) is 4. The Labute approximate surface area is 111 Å². The fraction of sp³-hybridized carbons (Fsp3) is 1.00. The molecule has 1 unspecified atom stereocenters. The zero-order valence-electron chi connectivity index (χ0n) is 10.7. The lowest BCUT2D eigenvalue weighted by Gasteiger charge is -2.32. The van der Waals surface area contributed by atoms with Crippen molar-refractivity contribution in [3.63, 3.8) is 0 Å². The Hall–Kier alpha value is 0.220. The van der Waals surface area contributed by atoms with Crippen LogP contribution in [0.25, 0.3) is 0 Å². The van der Waals surface area contributed by atoms with Crippen molar-refractivity contribution in [2.75, 3.05) is 13.1 Å². The predicted molar refractivity (Wildman–Crippen MR) is 68.5 cm³/mol. The molecule has 0 aromatic rings. The summed E-state index contributed by atoms with van der Waals surface area (Å²) in [6.07, 6.45) is 2.08.